The second-order valence-corrected chi connectivity index (χ2v) is 5.76. The molecule has 0 saturated heterocycles. The third-order valence-electron chi connectivity index (χ3n) is 4.09. The Hall–Kier alpha value is -3.56. The number of aromatic amines is 2. The number of aromatic hydroxyl groups is 1. The molecule has 10 heteroatoms. The molecule has 4 rings (SSSR count). The van der Waals surface area contributed by atoms with Crippen molar-refractivity contribution in [2.45, 2.75) is 6.18 Å². The van der Waals surface area contributed by atoms with E-state index in [0.29, 0.717) is 28.9 Å². The molecular formula is C17H10F4N4O2. The van der Waals surface area contributed by atoms with E-state index in [1.807, 2.05) is 0 Å². The van der Waals surface area contributed by atoms with E-state index in [2.05, 4.69) is 15.0 Å². The molecule has 0 fully saturated rings. The summed E-state index contributed by atoms with van der Waals surface area (Å²) >= 11 is 0. The maximum Gasteiger partial charge on any atom is 0.419 e. The smallest absolute Gasteiger partial charge is 0.419 e. The van der Waals surface area contributed by atoms with Crippen molar-refractivity contribution in [1.82, 2.24) is 19.5 Å². The molecule has 0 bridgehead atoms. The maximum absolute atomic E-state index is 14.0. The molecule has 3 N–H and O–H groups in total. The lowest BCUT2D eigenvalue weighted by molar-refractivity contribution is -0.139. The van der Waals surface area contributed by atoms with Gasteiger partial charge in [-0.05, 0) is 30.3 Å². The molecule has 2 aromatic carbocycles. The molecule has 2 heterocycles. The van der Waals surface area contributed by atoms with Gasteiger partial charge in [0.05, 0.1) is 28.6 Å². The number of hydrogen-bond donors (Lipinski definition) is 3. The van der Waals surface area contributed by atoms with Gasteiger partial charge < -0.3 is 10.1 Å². The van der Waals surface area contributed by atoms with Crippen LogP contribution < -0.4 is 5.69 Å². The third-order valence-corrected chi connectivity index (χ3v) is 4.09. The van der Waals surface area contributed by atoms with Gasteiger partial charge in [-0.15, -0.1) is 0 Å². The van der Waals surface area contributed by atoms with Crippen LogP contribution in [0, 0.1) is 5.82 Å². The number of H-pyrrole nitrogens is 2. The van der Waals surface area contributed by atoms with Crippen LogP contribution in [0.25, 0.3) is 28.0 Å². The summed E-state index contributed by atoms with van der Waals surface area (Å²) in [5, 5.41) is 10.1. The van der Waals surface area contributed by atoms with Gasteiger partial charge in [0.15, 0.2) is 0 Å². The normalized spacial score (nSPS) is 12.0. The van der Waals surface area contributed by atoms with Crippen LogP contribution in [-0.4, -0.2) is 24.6 Å². The van der Waals surface area contributed by atoms with Gasteiger partial charge in [-0.3, -0.25) is 9.55 Å². The zero-order valence-corrected chi connectivity index (χ0v) is 13.3. The molecule has 27 heavy (non-hydrogen) atoms. The molecule has 0 amide bonds. The van der Waals surface area contributed by atoms with Crippen molar-refractivity contribution in [3.8, 4) is 22.8 Å². The fourth-order valence-electron chi connectivity index (χ4n) is 2.89. The minimum atomic E-state index is -4.85. The average molecular weight is 378 g/mol. The van der Waals surface area contributed by atoms with Gasteiger partial charge in [0.25, 0.3) is 0 Å². The lowest BCUT2D eigenvalue weighted by Gasteiger charge is -2.11. The topological polar surface area (TPSA) is 86.7 Å². The number of rotatable bonds is 2. The molecule has 0 radical (unpaired) electrons. The van der Waals surface area contributed by atoms with Crippen LogP contribution in [0.5, 0.6) is 5.88 Å². The molecular weight excluding hydrogens is 368 g/mol. The fraction of sp³-hybridized carbons (Fsp3) is 0.0588. The summed E-state index contributed by atoms with van der Waals surface area (Å²) in [6, 6.07) is 6.90. The number of imidazole rings is 2. The molecule has 0 aliphatic heterocycles. The van der Waals surface area contributed by atoms with Crippen molar-refractivity contribution in [2.24, 2.45) is 0 Å². The summed E-state index contributed by atoms with van der Waals surface area (Å²) in [6.07, 6.45) is -3.40. The molecule has 0 atom stereocenters. The Bertz CT molecular complexity index is 1220. The number of benzene rings is 2. The largest absolute Gasteiger partial charge is 0.493 e. The second-order valence-electron chi connectivity index (χ2n) is 5.76. The number of alkyl halides is 3. The maximum atomic E-state index is 14.0. The number of halogens is 4. The first-order chi connectivity index (χ1) is 12.8. The number of fused-ring (bicyclic) bond motifs is 1. The summed E-state index contributed by atoms with van der Waals surface area (Å²) < 4.78 is 53.3. The second kappa shape index (κ2) is 5.73. The van der Waals surface area contributed by atoms with E-state index in [1.165, 1.54) is 6.33 Å². The van der Waals surface area contributed by atoms with Gasteiger partial charge in [0, 0.05) is 5.56 Å². The van der Waals surface area contributed by atoms with Crippen LogP contribution in [0.15, 0.2) is 47.5 Å². The van der Waals surface area contributed by atoms with E-state index >= 15 is 0 Å². The fourth-order valence-corrected chi connectivity index (χ4v) is 2.89. The molecule has 2 aromatic heterocycles. The lowest BCUT2D eigenvalue weighted by Crippen LogP contribution is -2.15. The standard InChI is InChI=1S/C17H10F4N4O2/c18-11-5-8(1-3-10(11)17(19,20)21)14-15(26)24-16(27)25(14)9-2-4-12-13(6-9)23-7-22-12/h1-7,26H,(H,22,23)(H,24,27). The van der Waals surface area contributed by atoms with Crippen LogP contribution in [0.1, 0.15) is 5.56 Å². The molecule has 0 aliphatic rings. The number of aromatic nitrogens is 4. The predicted molar refractivity (Wildman–Crippen MR) is 88.1 cm³/mol. The van der Waals surface area contributed by atoms with Crippen molar-refractivity contribution in [3.63, 3.8) is 0 Å². The van der Waals surface area contributed by atoms with Gasteiger partial charge in [0.2, 0.25) is 5.88 Å². The number of nitrogens with one attached hydrogen (secondary N) is 2. The van der Waals surface area contributed by atoms with E-state index in [-0.39, 0.29) is 11.3 Å². The molecule has 0 aliphatic carbocycles. The highest BCUT2D eigenvalue weighted by atomic mass is 19.4. The first-order valence-electron chi connectivity index (χ1n) is 7.60. The monoisotopic (exact) mass is 378 g/mol. The SMILES string of the molecule is O=c1[nH]c(O)c(-c2ccc(C(F)(F)F)c(F)c2)n1-c1ccc2nc[nH]c2c1. The first-order valence-corrected chi connectivity index (χ1v) is 7.60. The van der Waals surface area contributed by atoms with Crippen LogP contribution in [0.3, 0.4) is 0 Å². The summed E-state index contributed by atoms with van der Waals surface area (Å²) in [4.78, 5) is 21.4. The zero-order valence-electron chi connectivity index (χ0n) is 13.3. The molecule has 0 saturated carbocycles. The summed E-state index contributed by atoms with van der Waals surface area (Å²) in [5.74, 6) is -2.10. The number of nitrogens with zero attached hydrogens (tertiary/aromatic N) is 2. The van der Waals surface area contributed by atoms with Crippen LogP contribution in [0.2, 0.25) is 0 Å². The predicted octanol–water partition coefficient (Wildman–Crippen LogP) is 3.57. The van der Waals surface area contributed by atoms with E-state index < -0.39 is 29.1 Å². The zero-order chi connectivity index (χ0) is 19.3. The van der Waals surface area contributed by atoms with Crippen molar-refractivity contribution in [2.75, 3.05) is 0 Å². The molecule has 4 aromatic rings. The van der Waals surface area contributed by atoms with E-state index in [1.54, 1.807) is 18.2 Å². The van der Waals surface area contributed by atoms with E-state index in [9.17, 15) is 27.5 Å². The van der Waals surface area contributed by atoms with Gasteiger partial charge in [0.1, 0.15) is 11.5 Å². The Morgan fingerprint density at radius 3 is 2.59 bits per heavy atom. The quantitative estimate of drug-likeness (QED) is 0.466. The van der Waals surface area contributed by atoms with Crippen LogP contribution in [0.4, 0.5) is 17.6 Å². The lowest BCUT2D eigenvalue weighted by atomic mass is 10.1. The Balaban J connectivity index is 1.92. The Kier molecular flexibility index (Phi) is 3.58. The van der Waals surface area contributed by atoms with Gasteiger partial charge >= 0.3 is 11.9 Å². The van der Waals surface area contributed by atoms with Gasteiger partial charge in [-0.1, -0.05) is 6.07 Å². The average Bonchev–Trinajstić information content (AvgIpc) is 3.16. The number of hydrogen-bond acceptors (Lipinski definition) is 3. The van der Waals surface area contributed by atoms with Crippen molar-refractivity contribution in [3.05, 3.63) is 64.6 Å². The minimum absolute atomic E-state index is 0.0962. The minimum Gasteiger partial charge on any atom is -0.493 e. The van der Waals surface area contributed by atoms with Crippen molar-refractivity contribution >= 4 is 11.0 Å². The molecule has 0 spiro atoms. The molecule has 6 nitrogen and oxygen atoms in total. The highest BCUT2D eigenvalue weighted by molar-refractivity contribution is 5.78. The molecule has 0 unspecified atom stereocenters. The summed E-state index contributed by atoms with van der Waals surface area (Å²) in [5.41, 5.74) is -0.884. The van der Waals surface area contributed by atoms with E-state index in [0.717, 1.165) is 10.6 Å². The highest BCUT2D eigenvalue weighted by Crippen LogP contribution is 2.35. The Morgan fingerprint density at radius 2 is 1.89 bits per heavy atom. The van der Waals surface area contributed by atoms with Gasteiger partial charge in [-0.25, -0.2) is 14.2 Å². The van der Waals surface area contributed by atoms with Gasteiger partial charge in [-0.2, -0.15) is 13.2 Å². The third kappa shape index (κ3) is 2.75. The highest BCUT2D eigenvalue weighted by Gasteiger charge is 2.34. The summed E-state index contributed by atoms with van der Waals surface area (Å²) in [7, 11) is 0. The Labute approximate surface area is 147 Å². The summed E-state index contributed by atoms with van der Waals surface area (Å²) in [6.45, 7) is 0. The van der Waals surface area contributed by atoms with Crippen LogP contribution >= 0.6 is 0 Å². The first kappa shape index (κ1) is 16.9. The Morgan fingerprint density at radius 1 is 1.11 bits per heavy atom. The van der Waals surface area contributed by atoms with Crippen molar-refractivity contribution in [1.29, 1.82) is 0 Å². The van der Waals surface area contributed by atoms with Crippen molar-refractivity contribution < 1.29 is 22.7 Å². The van der Waals surface area contributed by atoms with Crippen LogP contribution in [-0.2, 0) is 6.18 Å². The molecule has 138 valence electrons. The van der Waals surface area contributed by atoms with E-state index in [4.69, 9.17) is 0 Å².